The third kappa shape index (κ3) is 7.60. The van der Waals surface area contributed by atoms with Crippen LogP contribution < -0.4 is 9.64 Å². The second-order valence-corrected chi connectivity index (χ2v) is 12.4. The average molecular weight is 638 g/mol. The summed E-state index contributed by atoms with van der Waals surface area (Å²) in [6, 6.07) is 27.5. The second-order valence-electron chi connectivity index (χ2n) is 9.44. The summed E-state index contributed by atoms with van der Waals surface area (Å²) in [7, 11) is -2.58. The number of sulfonamides is 1. The van der Waals surface area contributed by atoms with Crippen LogP contribution in [0.1, 0.15) is 27.0 Å². The summed E-state index contributed by atoms with van der Waals surface area (Å²) in [5.74, 6) is -1.58. The minimum atomic E-state index is -3.93. The zero-order valence-corrected chi connectivity index (χ0v) is 24.9. The van der Waals surface area contributed by atoms with Crippen LogP contribution in [0.15, 0.2) is 106 Å². The molecular formula is C31H29BrN2O6S. The molecule has 0 atom stereocenters. The van der Waals surface area contributed by atoms with E-state index < -0.39 is 28.4 Å². The SMILES string of the molecule is Cc1ccc(S(=O)(=O)N(C)CC(=O)N(Cc2ccc(Br)cc2)c2ccc(C(=O)O)c(OCc3ccccc3)c2)cc1. The molecule has 0 saturated carbocycles. The summed E-state index contributed by atoms with van der Waals surface area (Å²) in [6.07, 6.45) is 0. The smallest absolute Gasteiger partial charge is 0.339 e. The van der Waals surface area contributed by atoms with Crippen LogP contribution in [0.5, 0.6) is 5.75 Å². The molecule has 212 valence electrons. The van der Waals surface area contributed by atoms with Gasteiger partial charge < -0.3 is 14.7 Å². The molecule has 0 bridgehead atoms. The third-order valence-corrected chi connectivity index (χ3v) is 8.73. The van der Waals surface area contributed by atoms with Crippen molar-refractivity contribution in [3.63, 3.8) is 0 Å². The first-order chi connectivity index (χ1) is 19.5. The highest BCUT2D eigenvalue weighted by atomic mass is 79.9. The minimum Gasteiger partial charge on any atom is -0.488 e. The Morgan fingerprint density at radius 1 is 0.878 bits per heavy atom. The third-order valence-electron chi connectivity index (χ3n) is 6.39. The predicted octanol–water partition coefficient (Wildman–Crippen LogP) is 5.89. The molecule has 0 fully saturated rings. The Hall–Kier alpha value is -3.99. The number of rotatable bonds is 11. The molecule has 0 unspecified atom stereocenters. The predicted molar refractivity (Wildman–Crippen MR) is 161 cm³/mol. The number of likely N-dealkylation sites (N-methyl/N-ethyl adjacent to an activating group) is 1. The fourth-order valence-electron chi connectivity index (χ4n) is 4.06. The lowest BCUT2D eigenvalue weighted by Gasteiger charge is -2.26. The number of ether oxygens (including phenoxy) is 1. The maximum absolute atomic E-state index is 13.7. The quantitative estimate of drug-likeness (QED) is 0.220. The van der Waals surface area contributed by atoms with Crippen molar-refractivity contribution in [1.29, 1.82) is 0 Å². The molecule has 0 saturated heterocycles. The summed E-state index contributed by atoms with van der Waals surface area (Å²) in [5.41, 5.74) is 2.87. The van der Waals surface area contributed by atoms with Crippen LogP contribution in [-0.2, 0) is 28.0 Å². The fourth-order valence-corrected chi connectivity index (χ4v) is 5.44. The van der Waals surface area contributed by atoms with Gasteiger partial charge in [0, 0.05) is 23.3 Å². The number of carbonyl (C=O) groups is 2. The first-order valence-electron chi connectivity index (χ1n) is 12.7. The van der Waals surface area contributed by atoms with E-state index in [4.69, 9.17) is 4.74 Å². The molecule has 8 nitrogen and oxygen atoms in total. The van der Waals surface area contributed by atoms with Crippen LogP contribution in [0.4, 0.5) is 5.69 Å². The van der Waals surface area contributed by atoms with Gasteiger partial charge in [0.25, 0.3) is 0 Å². The summed E-state index contributed by atoms with van der Waals surface area (Å²) in [5, 5.41) is 9.76. The van der Waals surface area contributed by atoms with Crippen molar-refractivity contribution in [1.82, 2.24) is 4.31 Å². The molecule has 0 aliphatic carbocycles. The number of nitrogens with zero attached hydrogens (tertiary/aromatic N) is 2. The highest BCUT2D eigenvalue weighted by Gasteiger charge is 2.27. The lowest BCUT2D eigenvalue weighted by Crippen LogP contribution is -2.41. The van der Waals surface area contributed by atoms with E-state index in [2.05, 4.69) is 15.9 Å². The first-order valence-corrected chi connectivity index (χ1v) is 14.9. The van der Waals surface area contributed by atoms with Crippen LogP contribution in [0.25, 0.3) is 0 Å². The van der Waals surface area contributed by atoms with Gasteiger partial charge in [-0.15, -0.1) is 0 Å². The Morgan fingerprint density at radius 2 is 1.54 bits per heavy atom. The number of carboxylic acid groups (broad SMARTS) is 1. The number of halogens is 1. The molecule has 0 heterocycles. The van der Waals surface area contributed by atoms with E-state index >= 15 is 0 Å². The molecular weight excluding hydrogens is 608 g/mol. The van der Waals surface area contributed by atoms with Crippen molar-refractivity contribution < 1.29 is 27.9 Å². The molecule has 10 heteroatoms. The van der Waals surface area contributed by atoms with Gasteiger partial charge in [0.2, 0.25) is 15.9 Å². The zero-order chi connectivity index (χ0) is 29.6. The van der Waals surface area contributed by atoms with Gasteiger partial charge >= 0.3 is 5.97 Å². The van der Waals surface area contributed by atoms with Crippen molar-refractivity contribution in [3.8, 4) is 5.75 Å². The van der Waals surface area contributed by atoms with Crippen LogP contribution in [0, 0.1) is 6.92 Å². The van der Waals surface area contributed by atoms with Crippen molar-refractivity contribution >= 4 is 43.5 Å². The Labute approximate surface area is 248 Å². The molecule has 1 amide bonds. The molecule has 4 aromatic rings. The van der Waals surface area contributed by atoms with Gasteiger partial charge in [-0.2, -0.15) is 4.31 Å². The van der Waals surface area contributed by atoms with E-state index in [1.54, 1.807) is 12.1 Å². The number of carboxylic acids is 1. The number of hydrogen-bond acceptors (Lipinski definition) is 5. The lowest BCUT2D eigenvalue weighted by molar-refractivity contribution is -0.118. The first kappa shape index (κ1) is 30.0. The summed E-state index contributed by atoms with van der Waals surface area (Å²) >= 11 is 3.41. The van der Waals surface area contributed by atoms with Gasteiger partial charge in [-0.05, 0) is 54.4 Å². The number of amides is 1. The molecule has 0 spiro atoms. The monoisotopic (exact) mass is 636 g/mol. The Kier molecular flexibility index (Phi) is 9.59. The molecule has 0 aromatic heterocycles. The largest absolute Gasteiger partial charge is 0.488 e. The van der Waals surface area contributed by atoms with Gasteiger partial charge in [0.15, 0.2) is 0 Å². The summed E-state index contributed by atoms with van der Waals surface area (Å²) in [6.45, 7) is 1.67. The van der Waals surface area contributed by atoms with E-state index in [1.165, 1.54) is 42.3 Å². The molecule has 0 aliphatic heterocycles. The molecule has 1 N–H and O–H groups in total. The van der Waals surface area contributed by atoms with Crippen molar-refractivity contribution in [3.05, 3.63) is 124 Å². The molecule has 41 heavy (non-hydrogen) atoms. The van der Waals surface area contributed by atoms with Crippen LogP contribution in [0.2, 0.25) is 0 Å². The molecule has 4 aromatic carbocycles. The maximum atomic E-state index is 13.7. The number of anilines is 1. The van der Waals surface area contributed by atoms with Crippen molar-refractivity contribution in [2.45, 2.75) is 25.0 Å². The number of aryl methyl sites for hydroxylation is 1. The van der Waals surface area contributed by atoms with E-state index in [0.717, 1.165) is 25.5 Å². The van der Waals surface area contributed by atoms with Gasteiger partial charge in [0.05, 0.1) is 18.0 Å². The van der Waals surface area contributed by atoms with Gasteiger partial charge in [-0.25, -0.2) is 13.2 Å². The standard InChI is InChI=1S/C31H29BrN2O6S/c1-22-8-15-27(16-9-22)41(38,39)33(2)20-30(35)34(19-23-10-12-25(32)13-11-23)26-14-17-28(31(36)37)29(18-26)40-21-24-6-4-3-5-7-24/h3-18H,19-21H2,1-2H3,(H,36,37). The number of carbonyl (C=O) groups excluding carboxylic acids is 1. The number of benzene rings is 4. The lowest BCUT2D eigenvalue weighted by atomic mass is 10.1. The van der Waals surface area contributed by atoms with Gasteiger partial charge in [-0.3, -0.25) is 4.79 Å². The maximum Gasteiger partial charge on any atom is 0.339 e. The van der Waals surface area contributed by atoms with Crippen LogP contribution in [0.3, 0.4) is 0 Å². The molecule has 0 aliphatic rings. The average Bonchev–Trinajstić information content (AvgIpc) is 2.96. The Balaban J connectivity index is 1.66. The molecule has 0 radical (unpaired) electrons. The normalized spacial score (nSPS) is 11.3. The summed E-state index contributed by atoms with van der Waals surface area (Å²) < 4.78 is 34.2. The van der Waals surface area contributed by atoms with E-state index in [1.807, 2.05) is 61.5 Å². The highest BCUT2D eigenvalue weighted by molar-refractivity contribution is 9.10. The van der Waals surface area contributed by atoms with E-state index in [9.17, 15) is 23.1 Å². The summed E-state index contributed by atoms with van der Waals surface area (Å²) in [4.78, 5) is 27.2. The van der Waals surface area contributed by atoms with Crippen molar-refractivity contribution in [2.24, 2.45) is 0 Å². The van der Waals surface area contributed by atoms with Gasteiger partial charge in [0.1, 0.15) is 17.9 Å². The second kappa shape index (κ2) is 13.1. The highest BCUT2D eigenvalue weighted by Crippen LogP contribution is 2.29. The van der Waals surface area contributed by atoms with Crippen LogP contribution in [-0.4, -0.2) is 43.3 Å². The van der Waals surface area contributed by atoms with Crippen LogP contribution >= 0.6 is 15.9 Å². The Morgan fingerprint density at radius 3 is 2.17 bits per heavy atom. The zero-order valence-electron chi connectivity index (χ0n) is 22.5. The number of hydrogen-bond donors (Lipinski definition) is 1. The van der Waals surface area contributed by atoms with Gasteiger partial charge in [-0.1, -0.05) is 76.1 Å². The minimum absolute atomic E-state index is 0.0558. The topological polar surface area (TPSA) is 104 Å². The number of aromatic carboxylic acids is 1. The Bertz CT molecular complexity index is 1630. The van der Waals surface area contributed by atoms with Crippen molar-refractivity contribution in [2.75, 3.05) is 18.5 Å². The fraction of sp³-hybridized carbons (Fsp3) is 0.161. The molecule has 4 rings (SSSR count). The van der Waals surface area contributed by atoms with E-state index in [-0.39, 0.29) is 29.4 Å². The van der Waals surface area contributed by atoms with E-state index in [0.29, 0.717) is 5.69 Å².